The lowest BCUT2D eigenvalue weighted by molar-refractivity contribution is -0.00734. The molecule has 0 fully saturated rings. The first-order chi connectivity index (χ1) is 10.1. The summed E-state index contributed by atoms with van der Waals surface area (Å²) in [7, 11) is 0. The molecule has 0 heterocycles. The molecule has 1 rings (SSSR count). The lowest BCUT2D eigenvalue weighted by atomic mass is 10.3. The van der Waals surface area contributed by atoms with Crippen molar-refractivity contribution in [2.75, 3.05) is 38.3 Å². The van der Waals surface area contributed by atoms with Crippen molar-refractivity contribution >= 4 is 5.69 Å². The van der Waals surface area contributed by atoms with Gasteiger partial charge >= 0.3 is 0 Å². The van der Waals surface area contributed by atoms with Crippen molar-refractivity contribution in [3.05, 3.63) is 24.3 Å². The van der Waals surface area contributed by atoms with Gasteiger partial charge in [-0.2, -0.15) is 0 Å². The first-order valence-electron chi connectivity index (χ1n) is 7.46. The zero-order chi connectivity index (χ0) is 15.5. The van der Waals surface area contributed by atoms with Crippen LogP contribution in [-0.4, -0.2) is 50.3 Å². The van der Waals surface area contributed by atoms with Gasteiger partial charge in [0.2, 0.25) is 0 Å². The highest BCUT2D eigenvalue weighted by atomic mass is 16.5. The Balaban J connectivity index is 2.13. The predicted molar refractivity (Wildman–Crippen MR) is 84.0 cm³/mol. The van der Waals surface area contributed by atoms with Crippen LogP contribution in [0.5, 0.6) is 5.75 Å². The first-order valence-corrected chi connectivity index (χ1v) is 7.46. The summed E-state index contributed by atoms with van der Waals surface area (Å²) in [6, 6.07) is 7.65. The van der Waals surface area contributed by atoms with E-state index in [4.69, 9.17) is 14.2 Å². The van der Waals surface area contributed by atoms with E-state index in [0.29, 0.717) is 33.0 Å². The highest BCUT2D eigenvalue weighted by Crippen LogP contribution is 2.15. The first kappa shape index (κ1) is 17.8. The second-order valence-corrected chi connectivity index (χ2v) is 4.99. The van der Waals surface area contributed by atoms with E-state index >= 15 is 0 Å². The number of benzene rings is 1. The van der Waals surface area contributed by atoms with Crippen molar-refractivity contribution < 1.29 is 19.3 Å². The average Bonchev–Trinajstić information content (AvgIpc) is 2.46. The minimum atomic E-state index is -0.546. The molecular weight excluding hydrogens is 270 g/mol. The molecule has 1 aromatic carbocycles. The van der Waals surface area contributed by atoms with E-state index < -0.39 is 6.10 Å². The highest BCUT2D eigenvalue weighted by Gasteiger charge is 2.04. The molecule has 1 atom stereocenters. The van der Waals surface area contributed by atoms with Crippen molar-refractivity contribution in [2.24, 2.45) is 0 Å². The van der Waals surface area contributed by atoms with E-state index in [9.17, 15) is 5.11 Å². The van der Waals surface area contributed by atoms with Crippen LogP contribution >= 0.6 is 0 Å². The number of aliphatic hydroxyl groups excluding tert-OH is 1. The summed E-state index contributed by atoms with van der Waals surface area (Å²) in [6.45, 7) is 8.36. The number of rotatable bonds is 11. The second kappa shape index (κ2) is 10.4. The Labute approximate surface area is 127 Å². The molecule has 0 saturated carbocycles. The van der Waals surface area contributed by atoms with Gasteiger partial charge < -0.3 is 24.6 Å². The summed E-state index contributed by atoms with van der Waals surface area (Å²) >= 11 is 0. The Morgan fingerprint density at radius 1 is 1.14 bits per heavy atom. The summed E-state index contributed by atoms with van der Waals surface area (Å²) in [5.74, 6) is 0.845. The minimum absolute atomic E-state index is 0.208. The number of nitrogens with one attached hydrogen (secondary N) is 1. The van der Waals surface area contributed by atoms with E-state index in [1.165, 1.54) is 0 Å². The van der Waals surface area contributed by atoms with Crippen LogP contribution < -0.4 is 10.1 Å². The van der Waals surface area contributed by atoms with Crippen LogP contribution in [0.3, 0.4) is 0 Å². The third-order valence-electron chi connectivity index (χ3n) is 2.70. The molecule has 1 unspecified atom stereocenters. The number of anilines is 1. The van der Waals surface area contributed by atoms with Crippen molar-refractivity contribution in [2.45, 2.75) is 33.0 Å². The predicted octanol–water partition coefficient (Wildman–Crippen LogP) is 2.30. The zero-order valence-electron chi connectivity index (χ0n) is 13.2. The summed E-state index contributed by atoms with van der Waals surface area (Å²) in [6.07, 6.45) is -0.338. The SMILES string of the molecule is CCOc1ccc(NCC(O)COCCOC(C)C)cc1. The molecule has 5 heteroatoms. The zero-order valence-corrected chi connectivity index (χ0v) is 13.2. The van der Waals surface area contributed by atoms with Crippen LogP contribution in [-0.2, 0) is 9.47 Å². The molecule has 1 aromatic rings. The molecule has 0 radical (unpaired) electrons. The molecule has 0 amide bonds. The van der Waals surface area contributed by atoms with Crippen molar-refractivity contribution in [3.63, 3.8) is 0 Å². The molecule has 21 heavy (non-hydrogen) atoms. The van der Waals surface area contributed by atoms with Gasteiger partial charge in [0.05, 0.1) is 38.6 Å². The summed E-state index contributed by atoms with van der Waals surface area (Å²) in [5.41, 5.74) is 0.945. The number of ether oxygens (including phenoxy) is 3. The maximum atomic E-state index is 9.80. The van der Waals surface area contributed by atoms with E-state index in [2.05, 4.69) is 5.32 Å². The molecule has 120 valence electrons. The van der Waals surface area contributed by atoms with Gasteiger partial charge in [-0.3, -0.25) is 0 Å². The number of aliphatic hydroxyl groups is 1. The summed E-state index contributed by atoms with van der Waals surface area (Å²) < 4.78 is 16.1. The van der Waals surface area contributed by atoms with Gasteiger partial charge in [0, 0.05) is 12.2 Å². The maximum Gasteiger partial charge on any atom is 0.119 e. The van der Waals surface area contributed by atoms with Crippen molar-refractivity contribution in [3.8, 4) is 5.75 Å². The van der Waals surface area contributed by atoms with E-state index in [1.807, 2.05) is 45.0 Å². The Morgan fingerprint density at radius 3 is 2.48 bits per heavy atom. The molecule has 5 nitrogen and oxygen atoms in total. The summed E-state index contributed by atoms with van der Waals surface area (Å²) in [4.78, 5) is 0. The highest BCUT2D eigenvalue weighted by molar-refractivity contribution is 5.46. The smallest absolute Gasteiger partial charge is 0.119 e. The van der Waals surface area contributed by atoms with E-state index in [1.54, 1.807) is 0 Å². The third kappa shape index (κ3) is 8.55. The average molecular weight is 297 g/mol. The lowest BCUT2D eigenvalue weighted by Gasteiger charge is -2.14. The van der Waals surface area contributed by atoms with Crippen molar-refractivity contribution in [1.82, 2.24) is 0 Å². The third-order valence-corrected chi connectivity index (χ3v) is 2.70. The van der Waals surface area contributed by atoms with Gasteiger partial charge in [-0.05, 0) is 45.0 Å². The number of hydrogen-bond acceptors (Lipinski definition) is 5. The van der Waals surface area contributed by atoms with E-state index in [-0.39, 0.29) is 6.10 Å². The summed E-state index contributed by atoms with van der Waals surface area (Å²) in [5, 5.41) is 13.0. The van der Waals surface area contributed by atoms with Gasteiger partial charge in [-0.25, -0.2) is 0 Å². The molecule has 2 N–H and O–H groups in total. The van der Waals surface area contributed by atoms with Crippen LogP contribution in [0.1, 0.15) is 20.8 Å². The van der Waals surface area contributed by atoms with Gasteiger partial charge in [0.15, 0.2) is 0 Å². The van der Waals surface area contributed by atoms with Gasteiger partial charge in [0.25, 0.3) is 0 Å². The van der Waals surface area contributed by atoms with Gasteiger partial charge in [-0.15, -0.1) is 0 Å². The second-order valence-electron chi connectivity index (χ2n) is 4.99. The largest absolute Gasteiger partial charge is 0.494 e. The Kier molecular flexibility index (Phi) is 8.82. The normalized spacial score (nSPS) is 12.4. The molecule has 0 aliphatic carbocycles. The molecule has 0 aromatic heterocycles. The Morgan fingerprint density at radius 2 is 1.86 bits per heavy atom. The molecule has 0 aliphatic rings. The van der Waals surface area contributed by atoms with E-state index in [0.717, 1.165) is 11.4 Å². The molecule has 0 aliphatic heterocycles. The molecular formula is C16H27NO4. The molecule has 0 saturated heterocycles. The van der Waals surface area contributed by atoms with Crippen LogP contribution in [0.4, 0.5) is 5.69 Å². The molecule has 0 spiro atoms. The van der Waals surface area contributed by atoms with Crippen LogP contribution in [0.2, 0.25) is 0 Å². The monoisotopic (exact) mass is 297 g/mol. The lowest BCUT2D eigenvalue weighted by Crippen LogP contribution is -2.25. The standard InChI is InChI=1S/C16H27NO4/c1-4-20-16-7-5-14(6-8-16)17-11-15(18)12-19-9-10-21-13(2)3/h5-8,13,15,17-18H,4,9-12H2,1-3H3. The fraction of sp³-hybridized carbons (Fsp3) is 0.625. The van der Waals surface area contributed by atoms with Crippen LogP contribution in [0, 0.1) is 0 Å². The fourth-order valence-corrected chi connectivity index (χ4v) is 1.69. The van der Waals surface area contributed by atoms with Gasteiger partial charge in [0.1, 0.15) is 5.75 Å². The minimum Gasteiger partial charge on any atom is -0.494 e. The van der Waals surface area contributed by atoms with Crippen LogP contribution in [0.15, 0.2) is 24.3 Å². The Bertz CT molecular complexity index is 367. The van der Waals surface area contributed by atoms with Crippen LogP contribution in [0.25, 0.3) is 0 Å². The fourth-order valence-electron chi connectivity index (χ4n) is 1.69. The topological polar surface area (TPSA) is 60.0 Å². The number of hydrogen-bond donors (Lipinski definition) is 2. The quantitative estimate of drug-likeness (QED) is 0.614. The van der Waals surface area contributed by atoms with Gasteiger partial charge in [-0.1, -0.05) is 0 Å². The Hall–Kier alpha value is -1.30. The molecule has 0 bridgehead atoms. The van der Waals surface area contributed by atoms with Crippen molar-refractivity contribution in [1.29, 1.82) is 0 Å². The maximum absolute atomic E-state index is 9.80.